The molecule has 16 heavy (non-hydrogen) atoms. The van der Waals surface area contributed by atoms with Crippen molar-refractivity contribution in [2.24, 2.45) is 11.1 Å². The molecule has 1 rings (SSSR count). The molecule has 0 saturated carbocycles. The van der Waals surface area contributed by atoms with Crippen LogP contribution < -0.4 is 10.5 Å². The zero-order valence-electron chi connectivity index (χ0n) is 11.0. The van der Waals surface area contributed by atoms with Crippen molar-refractivity contribution in [1.29, 1.82) is 0 Å². The molecule has 2 heteroatoms. The molecular formula is C14H23NO. The normalized spacial score (nSPS) is 12.6. The number of nitrogens with two attached hydrogens (primary N) is 1. The van der Waals surface area contributed by atoms with Crippen LogP contribution in [0.1, 0.15) is 33.3 Å². The van der Waals surface area contributed by atoms with Crippen LogP contribution >= 0.6 is 0 Å². The first kappa shape index (κ1) is 13.0. The van der Waals surface area contributed by atoms with Gasteiger partial charge in [0.2, 0.25) is 0 Å². The number of benzene rings is 1. The number of ether oxygens (including phenoxy) is 1. The minimum Gasteiger partial charge on any atom is -0.487 e. The van der Waals surface area contributed by atoms with Crippen LogP contribution in [0.15, 0.2) is 24.3 Å². The average Bonchev–Trinajstić information content (AvgIpc) is 2.21. The second-order valence-corrected chi connectivity index (χ2v) is 5.51. The highest BCUT2D eigenvalue weighted by atomic mass is 16.5. The molecule has 0 amide bonds. The van der Waals surface area contributed by atoms with E-state index in [4.69, 9.17) is 10.5 Å². The molecule has 0 fully saturated rings. The Kier molecular flexibility index (Phi) is 3.64. The first-order valence-electron chi connectivity index (χ1n) is 5.74. The molecule has 0 unspecified atom stereocenters. The molecule has 0 aliphatic heterocycles. The third kappa shape index (κ3) is 2.76. The lowest BCUT2D eigenvalue weighted by Gasteiger charge is -2.40. The minimum atomic E-state index is -0.281. The summed E-state index contributed by atoms with van der Waals surface area (Å²) < 4.78 is 6.03. The van der Waals surface area contributed by atoms with Crippen LogP contribution in [0.5, 0.6) is 5.75 Å². The molecule has 0 aliphatic rings. The summed E-state index contributed by atoms with van der Waals surface area (Å²) in [6.07, 6.45) is 0. The lowest BCUT2D eigenvalue weighted by atomic mass is 9.77. The number of aryl methyl sites for hydroxylation is 1. The second kappa shape index (κ2) is 4.46. The van der Waals surface area contributed by atoms with Gasteiger partial charge in [0, 0.05) is 12.0 Å². The molecule has 90 valence electrons. The molecule has 0 saturated heterocycles. The molecule has 2 N–H and O–H groups in total. The Hall–Kier alpha value is -1.02. The summed E-state index contributed by atoms with van der Waals surface area (Å²) in [5, 5.41) is 0. The Morgan fingerprint density at radius 1 is 1.06 bits per heavy atom. The van der Waals surface area contributed by atoms with Gasteiger partial charge in [0.25, 0.3) is 0 Å². The van der Waals surface area contributed by atoms with E-state index in [0.717, 1.165) is 5.75 Å². The van der Waals surface area contributed by atoms with E-state index in [9.17, 15) is 0 Å². The van der Waals surface area contributed by atoms with Gasteiger partial charge in [-0.1, -0.05) is 31.5 Å². The van der Waals surface area contributed by atoms with Crippen LogP contribution in [0, 0.1) is 12.3 Å². The van der Waals surface area contributed by atoms with Gasteiger partial charge >= 0.3 is 0 Å². The van der Waals surface area contributed by atoms with Gasteiger partial charge in [-0.2, -0.15) is 0 Å². The molecule has 2 nitrogen and oxygen atoms in total. The first-order valence-corrected chi connectivity index (χ1v) is 5.74. The summed E-state index contributed by atoms with van der Waals surface area (Å²) in [5.41, 5.74) is 6.69. The van der Waals surface area contributed by atoms with Gasteiger partial charge in [0.1, 0.15) is 11.4 Å². The molecule has 0 aromatic heterocycles. The molecule has 0 radical (unpaired) electrons. The Bertz CT molecular complexity index is 338. The average molecular weight is 221 g/mol. The van der Waals surface area contributed by atoms with E-state index in [2.05, 4.69) is 46.8 Å². The van der Waals surface area contributed by atoms with E-state index in [1.807, 2.05) is 12.1 Å². The standard InChI is InChI=1S/C14H23NO/c1-11-6-8-12(9-7-11)16-14(4,5)13(2,3)10-15/h6-9H,10,15H2,1-5H3. The van der Waals surface area contributed by atoms with E-state index in [1.54, 1.807) is 0 Å². The number of rotatable bonds is 4. The van der Waals surface area contributed by atoms with Crippen LogP contribution in [-0.2, 0) is 0 Å². The van der Waals surface area contributed by atoms with Crippen molar-refractivity contribution in [2.75, 3.05) is 6.54 Å². The zero-order chi connectivity index (χ0) is 12.4. The van der Waals surface area contributed by atoms with Crippen LogP contribution in [0.2, 0.25) is 0 Å². The van der Waals surface area contributed by atoms with Crippen molar-refractivity contribution in [3.05, 3.63) is 29.8 Å². The minimum absolute atomic E-state index is 0.0577. The van der Waals surface area contributed by atoms with Crippen LogP contribution in [-0.4, -0.2) is 12.1 Å². The molecule has 0 bridgehead atoms. The largest absolute Gasteiger partial charge is 0.487 e. The maximum Gasteiger partial charge on any atom is 0.120 e. The van der Waals surface area contributed by atoms with Crippen molar-refractivity contribution < 1.29 is 4.74 Å². The molecule has 0 heterocycles. The van der Waals surface area contributed by atoms with E-state index in [-0.39, 0.29) is 11.0 Å². The van der Waals surface area contributed by atoms with Gasteiger partial charge in [-0.05, 0) is 32.9 Å². The van der Waals surface area contributed by atoms with Gasteiger partial charge in [-0.3, -0.25) is 0 Å². The highest BCUT2D eigenvalue weighted by molar-refractivity contribution is 5.27. The highest BCUT2D eigenvalue weighted by Crippen LogP contribution is 2.33. The maximum absolute atomic E-state index is 6.03. The molecule has 1 aromatic carbocycles. The summed E-state index contributed by atoms with van der Waals surface area (Å²) >= 11 is 0. The van der Waals surface area contributed by atoms with Crippen molar-refractivity contribution >= 4 is 0 Å². The zero-order valence-corrected chi connectivity index (χ0v) is 11.0. The Morgan fingerprint density at radius 2 is 1.56 bits per heavy atom. The highest BCUT2D eigenvalue weighted by Gasteiger charge is 2.37. The van der Waals surface area contributed by atoms with Gasteiger partial charge in [-0.15, -0.1) is 0 Å². The molecular weight excluding hydrogens is 198 g/mol. The van der Waals surface area contributed by atoms with Gasteiger partial charge in [0.15, 0.2) is 0 Å². The number of hydrogen-bond donors (Lipinski definition) is 1. The fourth-order valence-corrected chi connectivity index (χ4v) is 1.28. The maximum atomic E-state index is 6.03. The third-order valence-electron chi connectivity index (χ3n) is 3.53. The summed E-state index contributed by atoms with van der Waals surface area (Å²) in [7, 11) is 0. The summed E-state index contributed by atoms with van der Waals surface area (Å²) in [6.45, 7) is 11.1. The smallest absolute Gasteiger partial charge is 0.120 e. The van der Waals surface area contributed by atoms with Crippen molar-refractivity contribution in [3.63, 3.8) is 0 Å². The molecule has 0 spiro atoms. The Balaban J connectivity index is 2.84. The van der Waals surface area contributed by atoms with Gasteiger partial charge in [-0.25, -0.2) is 0 Å². The van der Waals surface area contributed by atoms with Crippen LogP contribution in [0.3, 0.4) is 0 Å². The quantitative estimate of drug-likeness (QED) is 0.847. The van der Waals surface area contributed by atoms with Crippen molar-refractivity contribution in [3.8, 4) is 5.75 Å². The summed E-state index contributed by atoms with van der Waals surface area (Å²) in [4.78, 5) is 0. The van der Waals surface area contributed by atoms with E-state index < -0.39 is 0 Å². The first-order chi connectivity index (χ1) is 7.28. The van der Waals surface area contributed by atoms with Crippen LogP contribution in [0.25, 0.3) is 0 Å². The lowest BCUT2D eigenvalue weighted by Crippen LogP contribution is -2.48. The lowest BCUT2D eigenvalue weighted by molar-refractivity contribution is -0.00509. The predicted octanol–water partition coefficient (Wildman–Crippen LogP) is 3.14. The van der Waals surface area contributed by atoms with Gasteiger partial charge < -0.3 is 10.5 Å². The van der Waals surface area contributed by atoms with E-state index >= 15 is 0 Å². The number of hydrogen-bond acceptors (Lipinski definition) is 2. The van der Waals surface area contributed by atoms with E-state index in [1.165, 1.54) is 5.56 Å². The summed E-state index contributed by atoms with van der Waals surface area (Å²) in [5.74, 6) is 0.900. The van der Waals surface area contributed by atoms with E-state index in [0.29, 0.717) is 6.54 Å². The Labute approximate surface area is 98.8 Å². The molecule has 0 atom stereocenters. The fraction of sp³-hybridized carbons (Fsp3) is 0.571. The predicted molar refractivity (Wildman–Crippen MR) is 68.7 cm³/mol. The van der Waals surface area contributed by atoms with Gasteiger partial charge in [0.05, 0.1) is 0 Å². The van der Waals surface area contributed by atoms with Crippen LogP contribution in [0.4, 0.5) is 0 Å². The SMILES string of the molecule is Cc1ccc(OC(C)(C)C(C)(C)CN)cc1. The van der Waals surface area contributed by atoms with Crippen molar-refractivity contribution in [2.45, 2.75) is 40.2 Å². The summed E-state index contributed by atoms with van der Waals surface area (Å²) in [6, 6.07) is 8.12. The fourth-order valence-electron chi connectivity index (χ4n) is 1.28. The second-order valence-electron chi connectivity index (χ2n) is 5.51. The Morgan fingerprint density at radius 3 is 2.00 bits per heavy atom. The van der Waals surface area contributed by atoms with Crippen molar-refractivity contribution in [1.82, 2.24) is 0 Å². The topological polar surface area (TPSA) is 35.2 Å². The third-order valence-corrected chi connectivity index (χ3v) is 3.53. The monoisotopic (exact) mass is 221 g/mol. The molecule has 0 aliphatic carbocycles. The molecule has 1 aromatic rings.